The normalized spacial score (nSPS) is 18.5. The molecular weight excluding hydrogens is 546 g/mol. The van der Waals surface area contributed by atoms with Gasteiger partial charge < -0.3 is 10.2 Å². The summed E-state index contributed by atoms with van der Waals surface area (Å²) in [5.74, 6) is -1.90. The van der Waals surface area contributed by atoms with Crippen LogP contribution in [0, 0.1) is 0 Å². The van der Waals surface area contributed by atoms with Gasteiger partial charge in [0.25, 0.3) is 11.8 Å². The number of hydrogen-bond acceptors (Lipinski definition) is 7. The van der Waals surface area contributed by atoms with Crippen LogP contribution in [-0.4, -0.2) is 70.0 Å². The average molecular weight is 580 g/mol. The lowest BCUT2D eigenvalue weighted by Gasteiger charge is -2.27. The summed E-state index contributed by atoms with van der Waals surface area (Å²) in [6, 6.07) is 16.2. The van der Waals surface area contributed by atoms with Crippen LogP contribution in [0.3, 0.4) is 0 Å². The Balaban J connectivity index is 0.931. The molecule has 0 saturated carbocycles. The number of aromatic nitrogens is 1. The van der Waals surface area contributed by atoms with Crippen LogP contribution in [0.2, 0.25) is 0 Å². The lowest BCUT2D eigenvalue weighted by molar-refractivity contribution is -0.136. The maximum atomic E-state index is 13.0. The molecule has 1 aromatic heterocycles. The summed E-state index contributed by atoms with van der Waals surface area (Å²) >= 11 is 0. The zero-order valence-electron chi connectivity index (χ0n) is 23.8. The molecule has 2 N–H and O–H groups in total. The minimum atomic E-state index is -0.978. The van der Waals surface area contributed by atoms with E-state index in [4.69, 9.17) is 4.98 Å². The predicted molar refractivity (Wildman–Crippen MR) is 161 cm³/mol. The van der Waals surface area contributed by atoms with E-state index in [0.29, 0.717) is 31.7 Å². The molecule has 5 amide bonds. The van der Waals surface area contributed by atoms with Gasteiger partial charge in [-0.25, -0.2) is 4.98 Å². The molecule has 0 spiro atoms. The summed E-state index contributed by atoms with van der Waals surface area (Å²) < 4.78 is 0. The van der Waals surface area contributed by atoms with Crippen LogP contribution >= 0.6 is 0 Å². The summed E-state index contributed by atoms with van der Waals surface area (Å²) in [6.45, 7) is 1.95. The molecule has 3 aliphatic heterocycles. The van der Waals surface area contributed by atoms with Gasteiger partial charge in [-0.2, -0.15) is 0 Å². The fourth-order valence-electron chi connectivity index (χ4n) is 5.92. The van der Waals surface area contributed by atoms with Gasteiger partial charge >= 0.3 is 0 Å². The van der Waals surface area contributed by atoms with E-state index < -0.39 is 29.7 Å². The molecule has 10 heteroatoms. The minimum Gasteiger partial charge on any atom is -0.385 e. The van der Waals surface area contributed by atoms with Crippen molar-refractivity contribution in [3.63, 3.8) is 0 Å². The topological polar surface area (TPSA) is 129 Å². The number of piperidine rings is 1. The van der Waals surface area contributed by atoms with Crippen LogP contribution in [0.4, 0.5) is 5.69 Å². The number of unbranched alkanes of at least 4 members (excludes halogenated alkanes) is 2. The first kappa shape index (κ1) is 28.3. The Bertz CT molecular complexity index is 1660. The molecule has 1 saturated heterocycles. The fourth-order valence-corrected chi connectivity index (χ4v) is 5.92. The lowest BCUT2D eigenvalue weighted by Crippen LogP contribution is -2.54. The summed E-state index contributed by atoms with van der Waals surface area (Å²) in [7, 11) is 0. The smallest absolute Gasteiger partial charge is 0.262 e. The third kappa shape index (κ3) is 5.90. The van der Waals surface area contributed by atoms with Gasteiger partial charge in [0.1, 0.15) is 6.04 Å². The van der Waals surface area contributed by atoms with E-state index >= 15 is 0 Å². The van der Waals surface area contributed by atoms with E-state index in [0.717, 1.165) is 47.2 Å². The Morgan fingerprint density at radius 1 is 0.930 bits per heavy atom. The summed E-state index contributed by atoms with van der Waals surface area (Å²) in [6.07, 6.45) is 6.13. The Morgan fingerprint density at radius 3 is 2.58 bits per heavy atom. The van der Waals surface area contributed by atoms with Crippen molar-refractivity contribution >= 4 is 51.7 Å². The van der Waals surface area contributed by atoms with Crippen molar-refractivity contribution in [1.29, 1.82) is 0 Å². The molecule has 4 heterocycles. The van der Waals surface area contributed by atoms with Crippen molar-refractivity contribution in [3.05, 3.63) is 77.5 Å². The first-order valence-electron chi connectivity index (χ1n) is 14.8. The van der Waals surface area contributed by atoms with Gasteiger partial charge in [-0.3, -0.25) is 34.2 Å². The number of imide groups is 2. The quantitative estimate of drug-likeness (QED) is 0.290. The van der Waals surface area contributed by atoms with Crippen LogP contribution in [0.25, 0.3) is 16.5 Å². The second-order valence-electron chi connectivity index (χ2n) is 11.2. The molecule has 1 atom stereocenters. The number of fused-ring (bicyclic) bond motifs is 2. The predicted octanol–water partition coefficient (Wildman–Crippen LogP) is 3.92. The van der Waals surface area contributed by atoms with Gasteiger partial charge in [-0.05, 0) is 61.6 Å². The van der Waals surface area contributed by atoms with Gasteiger partial charge in [0.15, 0.2) is 0 Å². The number of nitrogens with zero attached hydrogens (tertiary/aromatic N) is 3. The Morgan fingerprint density at radius 2 is 1.77 bits per heavy atom. The van der Waals surface area contributed by atoms with Gasteiger partial charge in [0.2, 0.25) is 17.7 Å². The number of carbonyl (C=O) groups is 5. The molecule has 0 radical (unpaired) electrons. The van der Waals surface area contributed by atoms with Crippen molar-refractivity contribution in [2.24, 2.45) is 0 Å². The van der Waals surface area contributed by atoms with Crippen molar-refractivity contribution in [3.8, 4) is 0 Å². The number of para-hydroxylation sites is 1. The average Bonchev–Trinajstić information content (AvgIpc) is 3.27. The molecular formula is C33H33N5O5. The van der Waals surface area contributed by atoms with E-state index in [2.05, 4.69) is 34.9 Å². The van der Waals surface area contributed by atoms with E-state index in [1.807, 2.05) is 23.1 Å². The molecule has 6 rings (SSSR count). The van der Waals surface area contributed by atoms with Crippen LogP contribution in [-0.2, 0) is 14.4 Å². The zero-order valence-corrected chi connectivity index (χ0v) is 23.8. The summed E-state index contributed by atoms with van der Waals surface area (Å²) in [5, 5.41) is 6.61. The molecule has 1 fully saturated rings. The van der Waals surface area contributed by atoms with Crippen LogP contribution in [0.15, 0.2) is 60.7 Å². The maximum absolute atomic E-state index is 13.0. The third-order valence-electron chi connectivity index (χ3n) is 8.33. The van der Waals surface area contributed by atoms with E-state index in [1.54, 1.807) is 18.2 Å². The molecule has 1 unspecified atom stereocenters. The van der Waals surface area contributed by atoms with Gasteiger partial charge in [0, 0.05) is 43.5 Å². The van der Waals surface area contributed by atoms with E-state index in [9.17, 15) is 24.0 Å². The largest absolute Gasteiger partial charge is 0.385 e. The van der Waals surface area contributed by atoms with Crippen molar-refractivity contribution < 1.29 is 24.0 Å². The third-order valence-corrected chi connectivity index (χ3v) is 8.33. The van der Waals surface area contributed by atoms with Gasteiger partial charge in [-0.1, -0.05) is 36.8 Å². The van der Waals surface area contributed by atoms with Crippen LogP contribution in [0.5, 0.6) is 0 Å². The lowest BCUT2D eigenvalue weighted by atomic mass is 10.0. The number of benzene rings is 2. The van der Waals surface area contributed by atoms with E-state index in [1.165, 1.54) is 5.57 Å². The SMILES string of the molecule is O=C1CCC(N2C(=O)c3ccc(NCCCCCC(=O)N4CC=C(c5ccc6ccccc6n5)CC4)cc3C2=O)C(=O)N1. The first-order valence-corrected chi connectivity index (χ1v) is 14.8. The van der Waals surface area contributed by atoms with Crippen molar-refractivity contribution in [1.82, 2.24) is 20.1 Å². The summed E-state index contributed by atoms with van der Waals surface area (Å²) in [4.78, 5) is 70.0. The highest BCUT2D eigenvalue weighted by atomic mass is 16.2. The summed E-state index contributed by atoms with van der Waals surface area (Å²) in [5.41, 5.74) is 4.35. The number of hydrogen-bond donors (Lipinski definition) is 2. The minimum absolute atomic E-state index is 0.0853. The highest BCUT2D eigenvalue weighted by Crippen LogP contribution is 2.30. The number of anilines is 1. The number of nitrogens with one attached hydrogen (secondary N) is 2. The Hall–Kier alpha value is -4.86. The van der Waals surface area contributed by atoms with Gasteiger partial charge in [0.05, 0.1) is 22.3 Å². The molecule has 43 heavy (non-hydrogen) atoms. The number of carbonyl (C=O) groups excluding carboxylic acids is 5. The number of pyridine rings is 1. The molecule has 3 aromatic rings. The second kappa shape index (κ2) is 12.2. The standard InChI is InChI=1S/C33H33N5O5/c39-29-14-13-28(31(41)36-29)38-32(42)24-11-10-23(20-25(24)33(38)43)34-17-5-1-2-8-30(40)37-18-15-22(16-19-37)27-12-9-21-6-3-4-7-26(21)35-27/h3-4,6-7,9-12,15,20,28,34H,1-2,5,8,13-14,16-19H2,(H,36,39,41). The van der Waals surface area contributed by atoms with Crippen LogP contribution < -0.4 is 10.6 Å². The fraction of sp³-hybridized carbons (Fsp3) is 0.333. The van der Waals surface area contributed by atoms with Crippen molar-refractivity contribution in [2.75, 3.05) is 25.0 Å². The molecule has 220 valence electrons. The highest BCUT2D eigenvalue weighted by Gasteiger charge is 2.44. The maximum Gasteiger partial charge on any atom is 0.262 e. The molecule has 10 nitrogen and oxygen atoms in total. The molecule has 3 aliphatic rings. The molecule has 0 bridgehead atoms. The first-order chi connectivity index (χ1) is 20.9. The van der Waals surface area contributed by atoms with Gasteiger partial charge in [-0.15, -0.1) is 0 Å². The number of rotatable bonds is 9. The van der Waals surface area contributed by atoms with Crippen molar-refractivity contribution in [2.45, 2.75) is 51.0 Å². The Kier molecular flexibility index (Phi) is 8.00. The molecule has 0 aliphatic carbocycles. The Labute approximate surface area is 249 Å². The monoisotopic (exact) mass is 579 g/mol. The van der Waals surface area contributed by atoms with E-state index in [-0.39, 0.29) is 29.9 Å². The number of amides is 5. The second-order valence-corrected chi connectivity index (χ2v) is 11.2. The zero-order chi connectivity index (χ0) is 29.9. The molecule has 2 aromatic carbocycles. The highest BCUT2D eigenvalue weighted by molar-refractivity contribution is 6.23. The van der Waals surface area contributed by atoms with Crippen LogP contribution in [0.1, 0.15) is 71.4 Å².